The molecule has 2 fully saturated rings. The van der Waals surface area contributed by atoms with Crippen molar-refractivity contribution in [2.24, 2.45) is 17.3 Å². The van der Waals surface area contributed by atoms with Crippen LogP contribution in [0.4, 0.5) is 0 Å². The van der Waals surface area contributed by atoms with Crippen molar-refractivity contribution < 1.29 is 15.3 Å². The van der Waals surface area contributed by atoms with Crippen LogP contribution in [-0.2, 0) is 0 Å². The Kier molecular flexibility index (Phi) is 5.62. The Labute approximate surface area is 182 Å². The molecule has 0 radical (unpaired) electrons. The quantitative estimate of drug-likeness (QED) is 0.440. The van der Waals surface area contributed by atoms with E-state index in [0.717, 1.165) is 55.8 Å². The molecule has 30 heavy (non-hydrogen) atoms. The lowest BCUT2D eigenvalue weighted by Gasteiger charge is -2.52. The molecule has 3 nitrogen and oxygen atoms in total. The molecule has 0 saturated heterocycles. The number of benzene rings is 1. The van der Waals surface area contributed by atoms with Gasteiger partial charge in [-0.2, -0.15) is 0 Å². The number of aromatic hydroxyl groups is 1. The Hall–Kier alpha value is -1.28. The maximum atomic E-state index is 11.8. The molecule has 3 aliphatic rings. The van der Waals surface area contributed by atoms with Gasteiger partial charge in [-0.25, -0.2) is 0 Å². The summed E-state index contributed by atoms with van der Waals surface area (Å²) in [5.41, 5.74) is 4.69. The van der Waals surface area contributed by atoms with Crippen LogP contribution in [0.3, 0.4) is 0 Å². The molecule has 0 aromatic heterocycles. The number of hydrogen-bond donors (Lipinski definition) is 3. The van der Waals surface area contributed by atoms with Crippen LogP contribution in [0, 0.1) is 28.7 Å². The Balaban J connectivity index is 1.67. The van der Waals surface area contributed by atoms with Crippen molar-refractivity contribution in [1.82, 2.24) is 0 Å². The molecule has 0 amide bonds. The normalized spacial score (nSPS) is 37.5. The first kappa shape index (κ1) is 21.9. The molecule has 3 N–H and O–H groups in total. The summed E-state index contributed by atoms with van der Waals surface area (Å²) in [6.07, 6.45) is 3.93. The number of aliphatic hydroxyl groups is 2. The van der Waals surface area contributed by atoms with Crippen LogP contribution < -0.4 is 0 Å². The van der Waals surface area contributed by atoms with Crippen molar-refractivity contribution in [2.45, 2.75) is 95.6 Å². The summed E-state index contributed by atoms with van der Waals surface area (Å²) in [5.74, 6) is 4.89. The van der Waals surface area contributed by atoms with Crippen molar-refractivity contribution in [3.8, 4) is 17.2 Å². The zero-order chi connectivity index (χ0) is 21.7. The molecule has 1 aromatic carbocycles. The number of phenols is 1. The van der Waals surface area contributed by atoms with E-state index in [4.69, 9.17) is 0 Å². The van der Waals surface area contributed by atoms with E-state index in [9.17, 15) is 15.3 Å². The highest BCUT2D eigenvalue weighted by atomic mass is 28.3. The first-order chi connectivity index (χ1) is 14.2. The third-order valence-corrected chi connectivity index (χ3v) is 14.2. The van der Waals surface area contributed by atoms with Gasteiger partial charge in [-0.15, -0.1) is 5.54 Å². The minimum atomic E-state index is -1.60. The summed E-state index contributed by atoms with van der Waals surface area (Å²) in [5, 5.41) is 32.6. The second-order valence-electron chi connectivity index (χ2n) is 10.4. The van der Waals surface area contributed by atoms with Crippen molar-refractivity contribution in [3.05, 3.63) is 29.3 Å². The molecule has 0 aliphatic heterocycles. The monoisotopic (exact) mass is 426 g/mol. The van der Waals surface area contributed by atoms with Crippen LogP contribution >= 0.6 is 0 Å². The SMILES string of the molecule is CC[Si](C#C[C@]1(O)CC[C@H]2[C@@H]3C[C@H](O)c4cc(O)ccc4[C@H]3CC[C@@]21C)(CC)CC. The van der Waals surface area contributed by atoms with Gasteiger partial charge in [0.05, 0.1) is 6.10 Å². The summed E-state index contributed by atoms with van der Waals surface area (Å²) in [4.78, 5) is 0. The maximum absolute atomic E-state index is 11.8. The number of hydrogen-bond acceptors (Lipinski definition) is 3. The summed E-state index contributed by atoms with van der Waals surface area (Å²) >= 11 is 0. The molecule has 4 heteroatoms. The number of phenolic OH excluding ortho intramolecular Hbond substituents is 1. The molecule has 0 unspecified atom stereocenters. The highest BCUT2D eigenvalue weighted by Crippen LogP contribution is 2.65. The summed E-state index contributed by atoms with van der Waals surface area (Å²) < 4.78 is 0. The smallest absolute Gasteiger partial charge is 0.137 e. The fourth-order valence-corrected chi connectivity index (χ4v) is 9.55. The molecule has 1 aromatic rings. The van der Waals surface area contributed by atoms with Gasteiger partial charge in [0.1, 0.15) is 19.4 Å². The van der Waals surface area contributed by atoms with Crippen LogP contribution in [0.2, 0.25) is 18.1 Å². The van der Waals surface area contributed by atoms with E-state index in [-0.39, 0.29) is 11.2 Å². The van der Waals surface area contributed by atoms with Gasteiger partial charge < -0.3 is 15.3 Å². The number of fused-ring (bicyclic) bond motifs is 5. The van der Waals surface area contributed by atoms with E-state index >= 15 is 0 Å². The van der Waals surface area contributed by atoms with Gasteiger partial charge in [0.2, 0.25) is 0 Å². The lowest BCUT2D eigenvalue weighted by molar-refractivity contribution is -0.0730. The minimum absolute atomic E-state index is 0.204. The zero-order valence-corrected chi connectivity index (χ0v) is 20.0. The average Bonchev–Trinajstić information content (AvgIpc) is 3.01. The van der Waals surface area contributed by atoms with Gasteiger partial charge in [-0.05, 0) is 91.2 Å². The zero-order valence-electron chi connectivity index (χ0n) is 19.0. The lowest BCUT2D eigenvalue weighted by Crippen LogP contribution is -2.50. The summed E-state index contributed by atoms with van der Waals surface area (Å²) in [7, 11) is -1.60. The molecule has 0 heterocycles. The first-order valence-electron chi connectivity index (χ1n) is 12.0. The number of aliphatic hydroxyl groups excluding tert-OH is 1. The van der Waals surface area contributed by atoms with E-state index in [0.29, 0.717) is 17.8 Å². The van der Waals surface area contributed by atoms with Gasteiger partial charge in [-0.3, -0.25) is 0 Å². The van der Waals surface area contributed by atoms with Crippen LogP contribution in [0.5, 0.6) is 5.75 Å². The second-order valence-corrected chi connectivity index (χ2v) is 15.3. The first-order valence-corrected chi connectivity index (χ1v) is 14.6. The Morgan fingerprint density at radius 1 is 1.07 bits per heavy atom. The Morgan fingerprint density at radius 3 is 2.43 bits per heavy atom. The molecule has 0 spiro atoms. The van der Waals surface area contributed by atoms with Crippen LogP contribution in [0.1, 0.15) is 82.9 Å². The molecule has 6 atom stereocenters. The van der Waals surface area contributed by atoms with Crippen molar-refractivity contribution >= 4 is 8.07 Å². The highest BCUT2D eigenvalue weighted by molar-refractivity contribution is 6.87. The predicted molar refractivity (Wildman–Crippen MR) is 124 cm³/mol. The largest absolute Gasteiger partial charge is 0.508 e. The average molecular weight is 427 g/mol. The molecule has 164 valence electrons. The fraction of sp³-hybridized carbons (Fsp3) is 0.692. The lowest BCUT2D eigenvalue weighted by atomic mass is 9.53. The Morgan fingerprint density at radius 2 is 1.77 bits per heavy atom. The van der Waals surface area contributed by atoms with Crippen molar-refractivity contribution in [3.63, 3.8) is 0 Å². The standard InChI is InChI=1S/C26H38O3Si/c1-5-30(6-2,7-3)15-14-26(29)13-11-23-21-17-24(28)22-16-18(27)8-9-19(22)20(21)10-12-25(23,26)4/h8-9,16,20-21,23-24,27-29H,5-7,10-13,17H2,1-4H3/t20-,21-,23+,24+,25+,26-/m1/s1. The van der Waals surface area contributed by atoms with E-state index in [1.807, 2.05) is 6.07 Å². The van der Waals surface area contributed by atoms with Crippen LogP contribution in [-0.4, -0.2) is 29.0 Å². The van der Waals surface area contributed by atoms with Gasteiger partial charge in [-0.1, -0.05) is 39.7 Å². The highest BCUT2D eigenvalue weighted by Gasteiger charge is 2.61. The van der Waals surface area contributed by atoms with E-state index in [2.05, 4.69) is 39.2 Å². The second kappa shape index (κ2) is 7.69. The van der Waals surface area contributed by atoms with Crippen LogP contribution in [0.25, 0.3) is 0 Å². The predicted octanol–water partition coefficient (Wildman–Crippen LogP) is 5.52. The fourth-order valence-electron chi connectivity index (χ4n) is 7.05. The van der Waals surface area contributed by atoms with Crippen molar-refractivity contribution in [2.75, 3.05) is 0 Å². The molecule has 0 bridgehead atoms. The van der Waals surface area contributed by atoms with Gasteiger partial charge in [0, 0.05) is 5.41 Å². The van der Waals surface area contributed by atoms with Gasteiger partial charge in [0.15, 0.2) is 0 Å². The molecule has 3 aliphatic carbocycles. The number of rotatable bonds is 3. The van der Waals surface area contributed by atoms with Crippen LogP contribution in [0.15, 0.2) is 18.2 Å². The Bertz CT molecular complexity index is 859. The third kappa shape index (κ3) is 3.17. The minimum Gasteiger partial charge on any atom is -0.508 e. The van der Waals surface area contributed by atoms with Crippen molar-refractivity contribution in [1.29, 1.82) is 0 Å². The topological polar surface area (TPSA) is 60.7 Å². The molecular formula is C26H38O3Si. The van der Waals surface area contributed by atoms with E-state index in [1.54, 1.807) is 12.1 Å². The van der Waals surface area contributed by atoms with Gasteiger partial charge in [0.25, 0.3) is 0 Å². The third-order valence-electron chi connectivity index (χ3n) is 9.48. The summed E-state index contributed by atoms with van der Waals surface area (Å²) in [6.45, 7) is 9.06. The molecule has 4 rings (SSSR count). The van der Waals surface area contributed by atoms with E-state index < -0.39 is 19.8 Å². The maximum Gasteiger partial charge on any atom is 0.137 e. The van der Waals surface area contributed by atoms with E-state index in [1.165, 1.54) is 5.56 Å². The molecule has 2 saturated carbocycles. The summed E-state index contributed by atoms with van der Waals surface area (Å²) in [6, 6.07) is 8.98. The molecular weight excluding hydrogens is 388 g/mol. The van der Waals surface area contributed by atoms with Gasteiger partial charge >= 0.3 is 0 Å².